The van der Waals surface area contributed by atoms with E-state index in [4.69, 9.17) is 4.74 Å². The van der Waals surface area contributed by atoms with Crippen LogP contribution >= 0.6 is 0 Å². The summed E-state index contributed by atoms with van der Waals surface area (Å²) in [5.41, 5.74) is 1.76. The average molecular weight is 490 g/mol. The van der Waals surface area contributed by atoms with E-state index in [2.05, 4.69) is 20.3 Å². The van der Waals surface area contributed by atoms with Gasteiger partial charge in [0, 0.05) is 25.5 Å². The Hall–Kier alpha value is -4.14. The number of phenolic OH excluding ortho intramolecular Hbond substituents is 1. The van der Waals surface area contributed by atoms with Gasteiger partial charge < -0.3 is 20.1 Å². The number of benzene rings is 2. The molecule has 0 bridgehead atoms. The second kappa shape index (κ2) is 9.85. The van der Waals surface area contributed by atoms with Crippen molar-refractivity contribution in [3.8, 4) is 11.5 Å². The van der Waals surface area contributed by atoms with E-state index in [0.29, 0.717) is 19.5 Å². The number of fused-ring (bicyclic) bond motifs is 1. The Kier molecular flexibility index (Phi) is 6.45. The number of phenols is 1. The summed E-state index contributed by atoms with van der Waals surface area (Å²) in [6.45, 7) is 4.72. The average Bonchev–Trinajstić information content (AvgIpc) is 3.50. The number of ether oxygens (including phenoxy) is 1. The van der Waals surface area contributed by atoms with Crippen LogP contribution in [0.25, 0.3) is 5.65 Å². The maximum Gasteiger partial charge on any atom is 0.255 e. The summed E-state index contributed by atoms with van der Waals surface area (Å²) in [5.74, 6) is 0.269. The molecule has 2 aromatic carbocycles. The number of hydrogen-bond donors (Lipinski definition) is 2. The Labute approximate surface area is 208 Å². The fourth-order valence-electron chi connectivity index (χ4n) is 4.70. The van der Waals surface area contributed by atoms with E-state index >= 15 is 0 Å². The van der Waals surface area contributed by atoms with Crippen molar-refractivity contribution in [3.63, 3.8) is 0 Å². The van der Waals surface area contributed by atoms with Gasteiger partial charge in [-0.2, -0.15) is 0 Å². The molecule has 1 amide bonds. The van der Waals surface area contributed by atoms with Crippen LogP contribution < -0.4 is 15.0 Å². The van der Waals surface area contributed by atoms with Crippen molar-refractivity contribution in [3.05, 3.63) is 83.9 Å². The Balaban J connectivity index is 1.35. The molecule has 1 fully saturated rings. The van der Waals surface area contributed by atoms with E-state index in [0.717, 1.165) is 17.0 Å². The van der Waals surface area contributed by atoms with Crippen LogP contribution in [0.3, 0.4) is 0 Å². The van der Waals surface area contributed by atoms with Gasteiger partial charge in [-0.15, -0.1) is 5.10 Å². The van der Waals surface area contributed by atoms with Crippen LogP contribution in [-0.2, 0) is 0 Å². The lowest BCUT2D eigenvalue weighted by Gasteiger charge is -2.26. The number of hydrogen-bond acceptors (Lipinski definition) is 6. The SMILES string of the molecule is CC(C)Oc1cccc(C(=O)NC[C@H]2C[C@H](c3cccc(F)c3)N(c3ccc4nccn4n3)C2)c1O. The quantitative estimate of drug-likeness (QED) is 0.401. The largest absolute Gasteiger partial charge is 0.504 e. The van der Waals surface area contributed by atoms with Gasteiger partial charge in [0.15, 0.2) is 17.1 Å². The van der Waals surface area contributed by atoms with Gasteiger partial charge in [-0.05, 0) is 68.1 Å². The van der Waals surface area contributed by atoms with Gasteiger partial charge in [-0.3, -0.25) is 4.79 Å². The summed E-state index contributed by atoms with van der Waals surface area (Å²) in [6, 6.07) is 15.2. The first-order valence-corrected chi connectivity index (χ1v) is 12.0. The molecule has 2 aromatic heterocycles. The van der Waals surface area contributed by atoms with Crippen molar-refractivity contribution in [2.24, 2.45) is 5.92 Å². The summed E-state index contributed by atoms with van der Waals surface area (Å²) in [7, 11) is 0. The minimum absolute atomic E-state index is 0.0831. The zero-order chi connectivity index (χ0) is 25.2. The highest BCUT2D eigenvalue weighted by Crippen LogP contribution is 2.38. The van der Waals surface area contributed by atoms with Gasteiger partial charge in [-0.25, -0.2) is 13.9 Å². The maximum absolute atomic E-state index is 14.1. The molecule has 2 N–H and O–H groups in total. The number of aromatic hydroxyl groups is 1. The highest BCUT2D eigenvalue weighted by atomic mass is 19.1. The van der Waals surface area contributed by atoms with Crippen molar-refractivity contribution in [2.75, 3.05) is 18.0 Å². The third kappa shape index (κ3) is 4.82. The molecule has 1 saturated heterocycles. The van der Waals surface area contributed by atoms with Gasteiger partial charge in [0.05, 0.1) is 17.7 Å². The molecule has 0 radical (unpaired) electrons. The maximum atomic E-state index is 14.1. The smallest absolute Gasteiger partial charge is 0.255 e. The van der Waals surface area contributed by atoms with Crippen LogP contribution in [0.4, 0.5) is 10.2 Å². The van der Waals surface area contributed by atoms with Crippen LogP contribution in [0.5, 0.6) is 11.5 Å². The molecular formula is C27H28FN5O3. The van der Waals surface area contributed by atoms with Gasteiger partial charge >= 0.3 is 0 Å². The molecule has 0 saturated carbocycles. The van der Waals surface area contributed by atoms with Crippen molar-refractivity contribution in [1.29, 1.82) is 0 Å². The zero-order valence-electron chi connectivity index (χ0n) is 20.1. The van der Waals surface area contributed by atoms with Crippen molar-refractivity contribution in [1.82, 2.24) is 19.9 Å². The molecule has 186 valence electrons. The van der Waals surface area contributed by atoms with E-state index < -0.39 is 0 Å². The number of nitrogens with zero attached hydrogens (tertiary/aromatic N) is 4. The first-order chi connectivity index (χ1) is 17.4. The molecule has 0 unspecified atom stereocenters. The molecule has 4 aromatic rings. The number of anilines is 1. The van der Waals surface area contributed by atoms with E-state index in [1.54, 1.807) is 47.2 Å². The summed E-state index contributed by atoms with van der Waals surface area (Å²) in [6.07, 6.45) is 4.05. The topological polar surface area (TPSA) is 92.0 Å². The number of amides is 1. The van der Waals surface area contributed by atoms with E-state index in [-0.39, 0.29) is 46.9 Å². The molecule has 9 heteroatoms. The Morgan fingerprint density at radius 3 is 2.86 bits per heavy atom. The van der Waals surface area contributed by atoms with Gasteiger partial charge in [0.2, 0.25) is 0 Å². The van der Waals surface area contributed by atoms with Crippen LogP contribution in [0.2, 0.25) is 0 Å². The predicted molar refractivity (Wildman–Crippen MR) is 134 cm³/mol. The van der Waals surface area contributed by atoms with E-state index in [9.17, 15) is 14.3 Å². The molecular weight excluding hydrogens is 461 g/mol. The fraction of sp³-hybridized carbons (Fsp3) is 0.296. The second-order valence-electron chi connectivity index (χ2n) is 9.28. The molecule has 3 heterocycles. The molecule has 2 atom stereocenters. The third-order valence-electron chi connectivity index (χ3n) is 6.31. The standard InChI is InChI=1S/C27H28FN5O3/c1-17(2)36-23-8-4-7-21(26(23)34)27(35)30-15-18-13-22(19-5-3-6-20(28)14-19)32(16-18)25-10-9-24-29-11-12-33(24)31-25/h3-12,14,17-18,22,34H,13,15-16H2,1-2H3,(H,30,35)/t18-,22-/m1/s1. The summed E-state index contributed by atoms with van der Waals surface area (Å²) >= 11 is 0. The lowest BCUT2D eigenvalue weighted by molar-refractivity contribution is 0.0944. The summed E-state index contributed by atoms with van der Waals surface area (Å²) in [5, 5.41) is 18.2. The number of halogens is 1. The Morgan fingerprint density at radius 2 is 2.06 bits per heavy atom. The van der Waals surface area contributed by atoms with Gasteiger partial charge in [0.1, 0.15) is 11.6 Å². The number of imidazole rings is 1. The number of rotatable bonds is 7. The lowest BCUT2D eigenvalue weighted by atomic mass is 9.99. The van der Waals surface area contributed by atoms with E-state index in [1.165, 1.54) is 6.07 Å². The van der Waals surface area contributed by atoms with E-state index in [1.807, 2.05) is 32.0 Å². The number of para-hydroxylation sites is 1. The Morgan fingerprint density at radius 1 is 1.22 bits per heavy atom. The summed E-state index contributed by atoms with van der Waals surface area (Å²) < 4.78 is 21.4. The molecule has 0 spiro atoms. The van der Waals surface area contributed by atoms with Crippen LogP contribution in [0.15, 0.2) is 67.0 Å². The molecule has 8 nitrogen and oxygen atoms in total. The highest BCUT2D eigenvalue weighted by Gasteiger charge is 2.35. The molecule has 1 aliphatic rings. The second-order valence-corrected chi connectivity index (χ2v) is 9.28. The first kappa shape index (κ1) is 23.6. The van der Waals surface area contributed by atoms with Crippen LogP contribution in [0, 0.1) is 11.7 Å². The lowest BCUT2D eigenvalue weighted by Crippen LogP contribution is -2.31. The van der Waals surface area contributed by atoms with Crippen molar-refractivity contribution < 1.29 is 19.0 Å². The van der Waals surface area contributed by atoms with Gasteiger partial charge in [-0.1, -0.05) is 18.2 Å². The summed E-state index contributed by atoms with van der Waals surface area (Å²) in [4.78, 5) is 19.3. The number of aromatic nitrogens is 3. The van der Waals surface area contributed by atoms with Crippen molar-refractivity contribution in [2.45, 2.75) is 32.4 Å². The number of nitrogens with one attached hydrogen (secondary N) is 1. The number of carbonyl (C=O) groups is 1. The Bertz CT molecular complexity index is 1390. The minimum Gasteiger partial charge on any atom is -0.504 e. The van der Waals surface area contributed by atoms with Crippen LogP contribution in [0.1, 0.15) is 42.2 Å². The normalized spacial score (nSPS) is 17.6. The highest BCUT2D eigenvalue weighted by molar-refractivity contribution is 5.97. The monoisotopic (exact) mass is 489 g/mol. The number of carbonyl (C=O) groups excluding carboxylic acids is 1. The van der Waals surface area contributed by atoms with Crippen LogP contribution in [-0.4, -0.2) is 44.8 Å². The fourth-order valence-corrected chi connectivity index (χ4v) is 4.70. The first-order valence-electron chi connectivity index (χ1n) is 12.0. The molecule has 5 rings (SSSR count). The molecule has 1 aliphatic heterocycles. The van der Waals surface area contributed by atoms with Gasteiger partial charge in [0.25, 0.3) is 5.91 Å². The minimum atomic E-state index is -0.375. The predicted octanol–water partition coefficient (Wildman–Crippen LogP) is 4.36. The molecule has 0 aliphatic carbocycles. The van der Waals surface area contributed by atoms with Crippen molar-refractivity contribution >= 4 is 17.4 Å². The molecule has 36 heavy (non-hydrogen) atoms. The third-order valence-corrected chi connectivity index (χ3v) is 6.31. The zero-order valence-corrected chi connectivity index (χ0v) is 20.1.